The predicted octanol–water partition coefficient (Wildman–Crippen LogP) is -14.1. The van der Waals surface area contributed by atoms with Gasteiger partial charge in [-0.1, -0.05) is 0 Å². The molecule has 31 heteroatoms. The topological polar surface area (TPSA) is 512 Å². The Morgan fingerprint density at radius 2 is 0.761 bits per heavy atom. The minimum Gasteiger partial charge on any atom is -0.394 e. The molecule has 67 heavy (non-hydrogen) atoms. The molecule has 21 N–H and O–H groups in total. The van der Waals surface area contributed by atoms with Gasteiger partial charge >= 0.3 is 0 Å². The maximum Gasteiger partial charge on any atom is 0.187 e. The lowest BCUT2D eigenvalue weighted by Gasteiger charge is -2.48. The van der Waals surface area contributed by atoms with Gasteiger partial charge in [0.1, 0.15) is 140 Å². The van der Waals surface area contributed by atoms with E-state index >= 15 is 0 Å². The molecule has 0 saturated carbocycles. The van der Waals surface area contributed by atoms with Crippen molar-refractivity contribution in [3.8, 4) is 0 Å². The summed E-state index contributed by atoms with van der Waals surface area (Å²) in [6.07, 6.45) is -54.2. The normalized spacial score (nSPS) is 52.6. The van der Waals surface area contributed by atoms with Gasteiger partial charge in [-0.15, -0.1) is 0 Å². The Hall–Kier alpha value is -1.24. The average molecular weight is 990 g/mol. The summed E-state index contributed by atoms with van der Waals surface area (Å²) in [5, 5.41) is 200. The van der Waals surface area contributed by atoms with Crippen LogP contribution in [0.5, 0.6) is 0 Å². The first kappa shape index (κ1) is 55.1. The summed E-state index contributed by atoms with van der Waals surface area (Å²) in [6.45, 7) is -5.43. The highest BCUT2D eigenvalue weighted by Crippen LogP contribution is 2.37. The summed E-state index contributed by atoms with van der Waals surface area (Å²) in [5.41, 5.74) is 5.76. The van der Waals surface area contributed by atoms with Gasteiger partial charge in [0.15, 0.2) is 37.7 Å². The zero-order chi connectivity index (χ0) is 49.3. The molecule has 6 heterocycles. The molecule has 0 bridgehead atoms. The first-order chi connectivity index (χ1) is 31.7. The molecule has 6 fully saturated rings. The molecule has 392 valence electrons. The highest BCUT2D eigenvalue weighted by molar-refractivity contribution is 5.00. The largest absolute Gasteiger partial charge is 0.394 e. The lowest BCUT2D eigenvalue weighted by atomic mass is 9.95. The third kappa shape index (κ3) is 11.4. The summed E-state index contributed by atoms with van der Waals surface area (Å²) in [6, 6.07) is -1.47. The van der Waals surface area contributed by atoms with Crippen LogP contribution in [0.15, 0.2) is 0 Å². The first-order valence-corrected chi connectivity index (χ1v) is 21.2. The SMILES string of the molecule is N[C@@H]1[C@@H](O)[C@H](O[C@H]2O[C@H](CO)[C@@H](O)[C@H](O[C@H]3O[C@H](CO)[C@@H](O)[C@H](O[C@@H]4O[C@@H]([C@H](O)CO)[C@H](O[C@H]5O[C@H](CO[C@H]6O[C@H](CO)[C@H](O)[C@H](O)[C@H]6O)[C@H](O)[C@H](O)[C@H]5O)[C@H]4O)[C@@H]3O)[C@@H]2O)[C@@H](CO)O[C@@H]1O. The number of nitrogens with two attached hydrogens (primary N) is 1. The lowest BCUT2D eigenvalue weighted by Crippen LogP contribution is -2.67. The summed E-state index contributed by atoms with van der Waals surface area (Å²) in [7, 11) is 0. The Morgan fingerprint density at radius 1 is 0.373 bits per heavy atom. The van der Waals surface area contributed by atoms with E-state index in [1.807, 2.05) is 0 Å². The van der Waals surface area contributed by atoms with Crippen molar-refractivity contribution < 1.29 is 149 Å². The molecule has 0 aromatic carbocycles. The second kappa shape index (κ2) is 23.5. The Kier molecular flexibility index (Phi) is 19.4. The van der Waals surface area contributed by atoms with Crippen LogP contribution in [-0.4, -0.2) is 321 Å². The molecule has 0 aromatic rings. The highest BCUT2D eigenvalue weighted by atomic mass is 16.8. The molecule has 0 aliphatic carbocycles. The van der Waals surface area contributed by atoms with Crippen molar-refractivity contribution in [1.82, 2.24) is 0 Å². The zero-order valence-corrected chi connectivity index (χ0v) is 35.1. The number of hydrogen-bond acceptors (Lipinski definition) is 31. The van der Waals surface area contributed by atoms with E-state index in [0.29, 0.717) is 0 Å². The van der Waals surface area contributed by atoms with Crippen molar-refractivity contribution in [1.29, 1.82) is 0 Å². The van der Waals surface area contributed by atoms with Crippen LogP contribution in [0.4, 0.5) is 0 Å². The number of ether oxygens (including phenoxy) is 11. The van der Waals surface area contributed by atoms with Crippen LogP contribution in [0, 0.1) is 0 Å². The van der Waals surface area contributed by atoms with Gasteiger partial charge in [0.05, 0.1) is 45.7 Å². The van der Waals surface area contributed by atoms with E-state index in [2.05, 4.69) is 0 Å². The summed E-state index contributed by atoms with van der Waals surface area (Å²) >= 11 is 0. The summed E-state index contributed by atoms with van der Waals surface area (Å²) < 4.78 is 61.0. The fourth-order valence-corrected chi connectivity index (χ4v) is 8.45. The van der Waals surface area contributed by atoms with Crippen LogP contribution < -0.4 is 5.73 Å². The van der Waals surface area contributed by atoms with E-state index in [1.165, 1.54) is 0 Å². The van der Waals surface area contributed by atoms with E-state index in [4.69, 9.17) is 57.8 Å². The maximum absolute atomic E-state index is 11.5. The van der Waals surface area contributed by atoms with Crippen LogP contribution in [-0.2, 0) is 52.1 Å². The van der Waals surface area contributed by atoms with E-state index in [1.54, 1.807) is 0 Å². The first-order valence-electron chi connectivity index (χ1n) is 21.2. The average Bonchev–Trinajstić information content (AvgIpc) is 3.62. The van der Waals surface area contributed by atoms with Crippen molar-refractivity contribution in [2.75, 3.05) is 39.6 Å². The lowest BCUT2D eigenvalue weighted by molar-refractivity contribution is -0.380. The van der Waals surface area contributed by atoms with Crippen LogP contribution in [0.2, 0.25) is 0 Å². The van der Waals surface area contributed by atoms with E-state index < -0.39 is 224 Å². The molecular formula is C36H63NO30. The minimum absolute atomic E-state index is 0.779. The number of aliphatic hydroxyl groups excluding tert-OH is 19. The Morgan fingerprint density at radius 3 is 1.27 bits per heavy atom. The minimum atomic E-state index is -2.21. The monoisotopic (exact) mass is 989 g/mol. The van der Waals surface area contributed by atoms with Crippen LogP contribution in [0.1, 0.15) is 0 Å². The quantitative estimate of drug-likeness (QED) is 0.0643. The van der Waals surface area contributed by atoms with Crippen molar-refractivity contribution >= 4 is 0 Å². The molecule has 31 nitrogen and oxygen atoms in total. The molecule has 6 rings (SSSR count). The van der Waals surface area contributed by atoms with E-state index in [9.17, 15) is 97.0 Å². The van der Waals surface area contributed by atoms with Gasteiger partial charge in [0.2, 0.25) is 0 Å². The van der Waals surface area contributed by atoms with Crippen LogP contribution >= 0.6 is 0 Å². The molecule has 0 unspecified atom stereocenters. The van der Waals surface area contributed by atoms with E-state index in [0.717, 1.165) is 0 Å². The molecule has 0 amide bonds. The fourth-order valence-electron chi connectivity index (χ4n) is 8.45. The molecular weight excluding hydrogens is 926 g/mol. The molecule has 0 spiro atoms. The van der Waals surface area contributed by atoms with Gasteiger partial charge in [0, 0.05) is 0 Å². The molecule has 0 radical (unpaired) electrons. The molecule has 30 atom stereocenters. The number of hydrogen-bond donors (Lipinski definition) is 20. The maximum atomic E-state index is 11.5. The van der Waals surface area contributed by atoms with Gasteiger partial charge in [0.25, 0.3) is 0 Å². The number of rotatable bonds is 17. The standard InChI is InChI=1S/C36H63NO30/c37-13-18(48)27(11(5-42)58-31(13)56)64-34-23(53)28(16(46)9(3-40)60-34)65-35-24(54)29(17(47)10(4-41)61-35)66-36-25(55)30(26(63-36)7(43)1-38)67-33-22(52)20(50)15(45)12(62-33)6-57-32-21(51)19(49)14(44)8(2-39)59-32/h7-36,38-56H,1-6,37H2/t7-,8-,9-,10-,11-,12-,13-,14+,15+,16-,17-,18-,19+,20+,21-,22-,23+,24+,25-,26+,27-,28+,29+,30-,31+,32+,33-,34-,35-,36+/m1/s1. The van der Waals surface area contributed by atoms with Gasteiger partial charge in [-0.3, -0.25) is 0 Å². The van der Waals surface area contributed by atoms with Crippen LogP contribution in [0.3, 0.4) is 0 Å². The van der Waals surface area contributed by atoms with Gasteiger partial charge in [-0.05, 0) is 0 Å². The Balaban J connectivity index is 1.15. The second-order valence-electron chi connectivity index (χ2n) is 16.9. The van der Waals surface area contributed by atoms with Crippen LogP contribution in [0.25, 0.3) is 0 Å². The second-order valence-corrected chi connectivity index (χ2v) is 16.9. The fraction of sp³-hybridized carbons (Fsp3) is 1.00. The van der Waals surface area contributed by atoms with Gasteiger partial charge < -0.3 is 155 Å². The Bertz CT molecular complexity index is 1510. The molecule has 6 aliphatic rings. The molecule has 6 aliphatic heterocycles. The molecule has 6 saturated heterocycles. The smallest absolute Gasteiger partial charge is 0.187 e. The van der Waals surface area contributed by atoms with E-state index in [-0.39, 0.29) is 0 Å². The highest BCUT2D eigenvalue weighted by Gasteiger charge is 2.58. The van der Waals surface area contributed by atoms with Gasteiger partial charge in [-0.25, -0.2) is 0 Å². The van der Waals surface area contributed by atoms with Crippen molar-refractivity contribution in [3.63, 3.8) is 0 Å². The third-order valence-electron chi connectivity index (χ3n) is 12.5. The van der Waals surface area contributed by atoms with Crippen molar-refractivity contribution in [2.24, 2.45) is 5.73 Å². The Labute approximate surface area is 378 Å². The molecule has 0 aromatic heterocycles. The predicted molar refractivity (Wildman–Crippen MR) is 201 cm³/mol. The van der Waals surface area contributed by atoms with Crippen molar-refractivity contribution in [3.05, 3.63) is 0 Å². The number of aliphatic hydroxyl groups is 19. The summed E-state index contributed by atoms with van der Waals surface area (Å²) in [5.74, 6) is 0. The van der Waals surface area contributed by atoms with Gasteiger partial charge in [-0.2, -0.15) is 0 Å². The summed E-state index contributed by atoms with van der Waals surface area (Å²) in [4.78, 5) is 0. The van der Waals surface area contributed by atoms with Crippen molar-refractivity contribution in [2.45, 2.75) is 184 Å². The zero-order valence-electron chi connectivity index (χ0n) is 35.1. The third-order valence-corrected chi connectivity index (χ3v) is 12.5.